The number of esters is 1. The van der Waals surface area contributed by atoms with Crippen molar-refractivity contribution >= 4 is 35.1 Å². The molecule has 8 nitrogen and oxygen atoms in total. The number of piperidine rings is 1. The van der Waals surface area contributed by atoms with Crippen molar-refractivity contribution < 1.29 is 23.9 Å². The molecule has 1 spiro atoms. The number of carbonyl (C=O) groups is 4. The molecule has 1 aromatic carbocycles. The molecule has 3 rings (SSSR count). The van der Waals surface area contributed by atoms with Crippen molar-refractivity contribution in [1.82, 2.24) is 4.90 Å². The Morgan fingerprint density at radius 1 is 1.11 bits per heavy atom. The number of hydrazone groups is 1. The number of benzene rings is 1. The van der Waals surface area contributed by atoms with Gasteiger partial charge in [0, 0.05) is 12.8 Å². The van der Waals surface area contributed by atoms with E-state index in [0.717, 1.165) is 4.90 Å². The van der Waals surface area contributed by atoms with E-state index in [1.165, 1.54) is 5.01 Å². The Kier molecular flexibility index (Phi) is 4.82. The van der Waals surface area contributed by atoms with Crippen LogP contribution in [0.3, 0.4) is 0 Å². The summed E-state index contributed by atoms with van der Waals surface area (Å²) < 4.78 is 5.19. The Morgan fingerprint density at radius 2 is 1.68 bits per heavy atom. The maximum atomic E-state index is 13.1. The first-order chi connectivity index (χ1) is 13.0. The molecule has 1 fully saturated rings. The zero-order chi connectivity index (χ0) is 20.7. The van der Waals surface area contributed by atoms with Crippen LogP contribution in [0, 0.1) is 5.41 Å². The molecule has 2 aliphatic rings. The third kappa shape index (κ3) is 3.54. The molecule has 0 aromatic heterocycles. The van der Waals surface area contributed by atoms with E-state index in [1.807, 2.05) is 6.07 Å². The standard InChI is InChI=1S/C20H23N3O5/c1-13-20(18(27)23(21-13)14-8-6-5-7-9-14)10-15(24)22(16(25)11-20)12-17(26)28-19(2,3)4/h5-9H,10-12H2,1-4H3. The minimum atomic E-state index is -1.30. The van der Waals surface area contributed by atoms with Crippen LogP contribution in [0.2, 0.25) is 0 Å². The lowest BCUT2D eigenvalue weighted by Crippen LogP contribution is -2.55. The summed E-state index contributed by atoms with van der Waals surface area (Å²) in [5.41, 5.74) is -1.03. The summed E-state index contributed by atoms with van der Waals surface area (Å²) in [5, 5.41) is 5.54. The highest BCUT2D eigenvalue weighted by Crippen LogP contribution is 2.42. The highest BCUT2D eigenvalue weighted by molar-refractivity contribution is 6.23. The molecule has 3 amide bonds. The Hall–Kier alpha value is -3.03. The summed E-state index contributed by atoms with van der Waals surface area (Å²) in [7, 11) is 0. The van der Waals surface area contributed by atoms with Gasteiger partial charge in [-0.05, 0) is 39.8 Å². The molecule has 2 aliphatic heterocycles. The van der Waals surface area contributed by atoms with E-state index < -0.39 is 41.3 Å². The number of nitrogens with zero attached hydrogens (tertiary/aromatic N) is 3. The number of ether oxygens (including phenoxy) is 1. The van der Waals surface area contributed by atoms with E-state index in [4.69, 9.17) is 4.74 Å². The fourth-order valence-corrected chi connectivity index (χ4v) is 3.39. The van der Waals surface area contributed by atoms with Crippen LogP contribution in [0.4, 0.5) is 5.69 Å². The van der Waals surface area contributed by atoms with Crippen molar-refractivity contribution in [1.29, 1.82) is 0 Å². The summed E-state index contributed by atoms with van der Waals surface area (Å²) >= 11 is 0. The van der Waals surface area contributed by atoms with E-state index >= 15 is 0 Å². The smallest absolute Gasteiger partial charge is 0.326 e. The fraction of sp³-hybridized carbons (Fsp3) is 0.450. The fourth-order valence-electron chi connectivity index (χ4n) is 3.39. The van der Waals surface area contributed by atoms with Gasteiger partial charge in [-0.2, -0.15) is 10.1 Å². The van der Waals surface area contributed by atoms with E-state index in [2.05, 4.69) is 5.10 Å². The van der Waals surface area contributed by atoms with Crippen molar-refractivity contribution in [2.24, 2.45) is 10.5 Å². The van der Waals surface area contributed by atoms with Gasteiger partial charge in [-0.25, -0.2) is 0 Å². The van der Waals surface area contributed by atoms with Crippen LogP contribution >= 0.6 is 0 Å². The van der Waals surface area contributed by atoms with Crippen molar-refractivity contribution in [2.75, 3.05) is 11.6 Å². The van der Waals surface area contributed by atoms with Gasteiger partial charge in [0.1, 0.15) is 17.6 Å². The van der Waals surface area contributed by atoms with Gasteiger partial charge in [0.2, 0.25) is 11.8 Å². The van der Waals surface area contributed by atoms with Gasteiger partial charge in [0.25, 0.3) is 5.91 Å². The molecule has 1 saturated heterocycles. The van der Waals surface area contributed by atoms with Gasteiger partial charge in [0.15, 0.2) is 0 Å². The molecule has 0 saturated carbocycles. The molecular formula is C20H23N3O5. The summed E-state index contributed by atoms with van der Waals surface area (Å²) in [6, 6.07) is 8.83. The number of hydrogen-bond donors (Lipinski definition) is 0. The average Bonchev–Trinajstić information content (AvgIpc) is 2.82. The highest BCUT2D eigenvalue weighted by atomic mass is 16.6. The molecule has 0 bridgehead atoms. The van der Waals surface area contributed by atoms with Crippen LogP contribution in [0.1, 0.15) is 40.5 Å². The second kappa shape index (κ2) is 6.85. The number of para-hydroxylation sites is 1. The van der Waals surface area contributed by atoms with Gasteiger partial charge in [0.05, 0.1) is 11.4 Å². The Morgan fingerprint density at radius 3 is 2.21 bits per heavy atom. The largest absolute Gasteiger partial charge is 0.459 e. The number of likely N-dealkylation sites (tertiary alicyclic amines) is 1. The summed E-state index contributed by atoms with van der Waals surface area (Å²) in [6.07, 6.45) is -0.419. The zero-order valence-electron chi connectivity index (χ0n) is 16.4. The molecule has 2 heterocycles. The van der Waals surface area contributed by atoms with Gasteiger partial charge in [-0.3, -0.25) is 24.1 Å². The van der Waals surface area contributed by atoms with Crippen LogP contribution in [0.15, 0.2) is 35.4 Å². The van der Waals surface area contributed by atoms with Crippen molar-refractivity contribution in [2.45, 2.75) is 46.1 Å². The first-order valence-corrected chi connectivity index (χ1v) is 9.04. The molecule has 148 valence electrons. The maximum Gasteiger partial charge on any atom is 0.326 e. The minimum Gasteiger partial charge on any atom is -0.459 e. The topological polar surface area (TPSA) is 96.4 Å². The molecule has 8 heteroatoms. The number of imide groups is 1. The lowest BCUT2D eigenvalue weighted by Gasteiger charge is -2.35. The van der Waals surface area contributed by atoms with Crippen molar-refractivity contribution in [3.8, 4) is 0 Å². The van der Waals surface area contributed by atoms with Gasteiger partial charge >= 0.3 is 5.97 Å². The number of amides is 3. The molecule has 0 unspecified atom stereocenters. The van der Waals surface area contributed by atoms with Gasteiger partial charge in [-0.1, -0.05) is 18.2 Å². The second-order valence-corrected chi connectivity index (χ2v) is 8.03. The molecular weight excluding hydrogens is 362 g/mol. The molecule has 0 radical (unpaired) electrons. The van der Waals surface area contributed by atoms with E-state index in [-0.39, 0.29) is 12.8 Å². The minimum absolute atomic E-state index is 0.209. The molecule has 0 atom stereocenters. The number of hydrogen-bond acceptors (Lipinski definition) is 6. The first kappa shape index (κ1) is 19.7. The third-order valence-electron chi connectivity index (χ3n) is 4.76. The van der Waals surface area contributed by atoms with Crippen LogP contribution < -0.4 is 5.01 Å². The number of carbonyl (C=O) groups excluding carboxylic acids is 4. The predicted molar refractivity (Wildman–Crippen MR) is 101 cm³/mol. The lowest BCUT2D eigenvalue weighted by atomic mass is 9.74. The SMILES string of the molecule is CC1=NN(c2ccccc2)C(=O)C12CC(=O)N(CC(=O)OC(C)(C)C)C(=O)C2. The summed E-state index contributed by atoms with van der Waals surface area (Å²) in [4.78, 5) is 51.3. The van der Waals surface area contributed by atoms with Crippen LogP contribution in [-0.4, -0.2) is 46.4 Å². The summed E-state index contributed by atoms with van der Waals surface area (Å²) in [5.74, 6) is -2.24. The molecule has 0 aliphatic carbocycles. The lowest BCUT2D eigenvalue weighted by molar-refractivity contribution is -0.166. The number of rotatable bonds is 3. The quantitative estimate of drug-likeness (QED) is 0.585. The third-order valence-corrected chi connectivity index (χ3v) is 4.76. The van der Waals surface area contributed by atoms with E-state index in [1.54, 1.807) is 52.0 Å². The van der Waals surface area contributed by atoms with Crippen molar-refractivity contribution in [3.05, 3.63) is 30.3 Å². The van der Waals surface area contributed by atoms with Crippen LogP contribution in [0.5, 0.6) is 0 Å². The van der Waals surface area contributed by atoms with Crippen molar-refractivity contribution in [3.63, 3.8) is 0 Å². The first-order valence-electron chi connectivity index (χ1n) is 9.04. The predicted octanol–water partition coefficient (Wildman–Crippen LogP) is 1.89. The van der Waals surface area contributed by atoms with E-state index in [0.29, 0.717) is 11.4 Å². The molecule has 0 N–H and O–H groups in total. The number of anilines is 1. The van der Waals surface area contributed by atoms with Crippen LogP contribution in [-0.2, 0) is 23.9 Å². The molecule has 28 heavy (non-hydrogen) atoms. The van der Waals surface area contributed by atoms with Crippen LogP contribution in [0.25, 0.3) is 0 Å². The van der Waals surface area contributed by atoms with E-state index in [9.17, 15) is 19.2 Å². The maximum absolute atomic E-state index is 13.1. The Labute approximate surface area is 163 Å². The highest BCUT2D eigenvalue weighted by Gasteiger charge is 2.56. The molecule has 1 aromatic rings. The zero-order valence-corrected chi connectivity index (χ0v) is 16.4. The second-order valence-electron chi connectivity index (χ2n) is 8.03. The Balaban J connectivity index is 1.79. The normalized spacial score (nSPS) is 19.3. The average molecular weight is 385 g/mol. The Bertz CT molecular complexity index is 852. The summed E-state index contributed by atoms with van der Waals surface area (Å²) in [6.45, 7) is 6.29. The monoisotopic (exact) mass is 385 g/mol. The van der Waals surface area contributed by atoms with Gasteiger partial charge < -0.3 is 4.74 Å². The van der Waals surface area contributed by atoms with Gasteiger partial charge in [-0.15, -0.1) is 0 Å².